The number of alkyl halides is 3. The van der Waals surface area contributed by atoms with E-state index in [1.54, 1.807) is 0 Å². The van der Waals surface area contributed by atoms with E-state index in [2.05, 4.69) is 55.6 Å². The first-order chi connectivity index (χ1) is 21.7. The summed E-state index contributed by atoms with van der Waals surface area (Å²) in [5, 5.41) is 17.5. The van der Waals surface area contributed by atoms with Crippen molar-refractivity contribution in [2.24, 2.45) is 24.1 Å². The maximum absolute atomic E-state index is 12.1. The summed E-state index contributed by atoms with van der Waals surface area (Å²) in [6.45, 7) is 12.2. The standard InChI is InChI=1S/C17H23NOS.C7H9N.C6H7F3N2.C3H10N2.CH4O/c1-5-13(17(2,3)4)7-9-14-8-6-12-10-15(11-19)20-16(12)18-14;1-8-7-5-3-2-4-6-7;1-4-3-10-11(2)5(4)6(7,8)9;1-5-3-2-4;1-2/h6,8,10-11,13H,5,7,9H2,1-4H3;2-6,8H,1H3;3H,1-2H3;5H,2-4H2,1H3;2H,1H3. The lowest BCUT2D eigenvalue weighted by molar-refractivity contribution is -0.144. The molecule has 5 N–H and O–H groups in total. The molecule has 1 atom stereocenters. The van der Waals surface area contributed by atoms with Crippen LogP contribution < -0.4 is 16.4 Å². The van der Waals surface area contributed by atoms with Gasteiger partial charge in [-0.05, 0) is 68.0 Å². The Morgan fingerprint density at radius 2 is 1.72 bits per heavy atom. The highest BCUT2D eigenvalue weighted by atomic mass is 32.1. The number of aryl methyl sites for hydroxylation is 3. The molecule has 3 aromatic heterocycles. The lowest BCUT2D eigenvalue weighted by atomic mass is 9.76. The van der Waals surface area contributed by atoms with Crippen molar-refractivity contribution in [3.05, 3.63) is 76.6 Å². The molecule has 0 aliphatic carbocycles. The smallest absolute Gasteiger partial charge is 0.400 e. The molecule has 258 valence electrons. The Kier molecular flexibility index (Phi) is 20.6. The number of hydrogen-bond acceptors (Lipinski definition) is 8. The molecule has 8 nitrogen and oxygen atoms in total. The number of fused-ring (bicyclic) bond motifs is 1. The van der Waals surface area contributed by atoms with Crippen LogP contribution in [0, 0.1) is 18.3 Å². The normalized spacial score (nSPS) is 11.3. The number of aldehydes is 1. The summed E-state index contributed by atoms with van der Waals surface area (Å²) in [4.78, 5) is 17.2. The van der Waals surface area contributed by atoms with Gasteiger partial charge in [-0.25, -0.2) is 4.98 Å². The molecule has 0 aliphatic rings. The van der Waals surface area contributed by atoms with E-state index in [0.717, 1.165) is 64.1 Å². The van der Waals surface area contributed by atoms with Crippen molar-refractivity contribution in [1.29, 1.82) is 0 Å². The van der Waals surface area contributed by atoms with E-state index >= 15 is 0 Å². The fourth-order valence-electron chi connectivity index (χ4n) is 4.45. The summed E-state index contributed by atoms with van der Waals surface area (Å²) in [7, 11) is 6.07. The summed E-state index contributed by atoms with van der Waals surface area (Å²) in [5.74, 6) is 0.717. The highest BCUT2D eigenvalue weighted by molar-refractivity contribution is 7.20. The molecule has 0 spiro atoms. The zero-order valence-electron chi connectivity index (χ0n) is 28.7. The van der Waals surface area contributed by atoms with Crippen molar-refractivity contribution in [3.63, 3.8) is 0 Å². The first-order valence-corrected chi connectivity index (χ1v) is 16.0. The number of carbonyl (C=O) groups excluding carboxylic acids is 1. The number of benzene rings is 1. The van der Waals surface area contributed by atoms with Crippen LogP contribution in [-0.4, -0.2) is 60.5 Å². The van der Waals surface area contributed by atoms with Crippen LogP contribution in [-0.2, 0) is 19.6 Å². The van der Waals surface area contributed by atoms with Crippen LogP contribution in [0.5, 0.6) is 0 Å². The van der Waals surface area contributed by atoms with Gasteiger partial charge in [0.1, 0.15) is 10.5 Å². The molecule has 0 bridgehead atoms. The van der Waals surface area contributed by atoms with Gasteiger partial charge >= 0.3 is 6.18 Å². The minimum atomic E-state index is -4.30. The fraction of sp³-hybridized carbons (Fsp3) is 0.500. The largest absolute Gasteiger partial charge is 0.433 e. The third-order valence-corrected chi connectivity index (χ3v) is 7.86. The van der Waals surface area contributed by atoms with Crippen molar-refractivity contribution in [1.82, 2.24) is 20.1 Å². The van der Waals surface area contributed by atoms with Crippen LogP contribution in [0.4, 0.5) is 18.9 Å². The lowest BCUT2D eigenvalue weighted by Crippen LogP contribution is -2.20. The number of aliphatic hydroxyl groups excluding tert-OH is 1. The minimum Gasteiger partial charge on any atom is -0.400 e. The molecular weight excluding hydrogens is 613 g/mol. The number of nitrogens with two attached hydrogens (primary N) is 1. The zero-order valence-corrected chi connectivity index (χ0v) is 29.5. The van der Waals surface area contributed by atoms with Gasteiger partial charge < -0.3 is 21.5 Å². The summed E-state index contributed by atoms with van der Waals surface area (Å²) in [6, 6.07) is 16.2. The predicted molar refractivity (Wildman–Crippen MR) is 187 cm³/mol. The number of anilines is 1. The Morgan fingerprint density at radius 3 is 2.09 bits per heavy atom. The molecule has 4 aromatic rings. The van der Waals surface area contributed by atoms with Crippen molar-refractivity contribution < 1.29 is 23.1 Å². The number of aliphatic hydroxyl groups is 1. The van der Waals surface area contributed by atoms with E-state index < -0.39 is 11.9 Å². The molecule has 1 aromatic carbocycles. The third kappa shape index (κ3) is 15.8. The van der Waals surface area contributed by atoms with Crippen LogP contribution in [0.25, 0.3) is 10.2 Å². The highest BCUT2D eigenvalue weighted by Gasteiger charge is 2.35. The number of aromatic nitrogens is 3. The van der Waals surface area contributed by atoms with E-state index in [9.17, 15) is 18.0 Å². The first-order valence-electron chi connectivity index (χ1n) is 15.1. The monoisotopic (exact) mass is 666 g/mol. The van der Waals surface area contributed by atoms with E-state index in [1.165, 1.54) is 44.3 Å². The van der Waals surface area contributed by atoms with Gasteiger partial charge in [0.25, 0.3) is 0 Å². The number of pyridine rings is 1. The van der Waals surface area contributed by atoms with Gasteiger partial charge in [-0.2, -0.15) is 18.3 Å². The molecule has 0 saturated heterocycles. The Morgan fingerprint density at radius 1 is 1.09 bits per heavy atom. The second kappa shape index (κ2) is 22.2. The molecule has 0 amide bonds. The second-order valence-corrected chi connectivity index (χ2v) is 12.3. The highest BCUT2D eigenvalue weighted by Crippen LogP contribution is 2.33. The summed E-state index contributed by atoms with van der Waals surface area (Å²) >= 11 is 1.48. The Labute approximate surface area is 276 Å². The Bertz CT molecular complexity index is 1350. The van der Waals surface area contributed by atoms with E-state index in [1.807, 2.05) is 50.5 Å². The van der Waals surface area contributed by atoms with Gasteiger partial charge in [-0.15, -0.1) is 11.3 Å². The molecule has 46 heavy (non-hydrogen) atoms. The number of rotatable bonds is 8. The predicted octanol–water partition coefficient (Wildman–Crippen LogP) is 7.36. The Hall–Kier alpha value is -3.32. The second-order valence-electron chi connectivity index (χ2n) is 11.3. The minimum absolute atomic E-state index is 0.153. The van der Waals surface area contributed by atoms with Gasteiger partial charge in [0.05, 0.1) is 11.1 Å². The topological polar surface area (TPSA) is 118 Å². The van der Waals surface area contributed by atoms with Crippen molar-refractivity contribution in [2.45, 2.75) is 60.1 Å². The van der Waals surface area contributed by atoms with Crippen LogP contribution in [0.3, 0.4) is 0 Å². The maximum atomic E-state index is 12.1. The van der Waals surface area contributed by atoms with Gasteiger partial charge in [-0.1, -0.05) is 58.4 Å². The van der Waals surface area contributed by atoms with Crippen molar-refractivity contribution >= 4 is 33.5 Å². The van der Waals surface area contributed by atoms with Crippen LogP contribution >= 0.6 is 11.3 Å². The fourth-order valence-corrected chi connectivity index (χ4v) is 5.31. The van der Waals surface area contributed by atoms with Crippen LogP contribution in [0.1, 0.15) is 67.2 Å². The summed E-state index contributed by atoms with van der Waals surface area (Å²) < 4.78 is 37.1. The van der Waals surface area contributed by atoms with E-state index in [4.69, 9.17) is 15.8 Å². The van der Waals surface area contributed by atoms with E-state index in [0.29, 0.717) is 11.3 Å². The molecular formula is C34H53F3N6O2S. The van der Waals surface area contributed by atoms with Crippen LogP contribution in [0.2, 0.25) is 0 Å². The van der Waals surface area contributed by atoms with Crippen molar-refractivity contribution in [3.8, 4) is 0 Å². The Balaban J connectivity index is 0.000000654. The molecule has 1 unspecified atom stereocenters. The number of nitrogens with zero attached hydrogens (tertiary/aromatic N) is 3. The summed E-state index contributed by atoms with van der Waals surface area (Å²) in [5.41, 5.74) is 7.20. The number of thiophene rings is 1. The number of halogens is 3. The molecule has 4 rings (SSSR count). The molecule has 0 fully saturated rings. The number of nitrogens with one attached hydrogen (secondary N) is 2. The zero-order chi connectivity index (χ0) is 35.3. The number of para-hydroxylation sites is 1. The van der Waals surface area contributed by atoms with Gasteiger partial charge in [0.2, 0.25) is 0 Å². The first kappa shape index (κ1) is 42.7. The van der Waals surface area contributed by atoms with Gasteiger partial charge in [0.15, 0.2) is 6.29 Å². The molecule has 0 aliphatic heterocycles. The number of carbonyl (C=O) groups is 1. The average molecular weight is 667 g/mol. The third-order valence-electron chi connectivity index (χ3n) is 6.89. The SMILES string of the molecule is CCC(CCc1ccc2cc(C=O)sc2n1)C(C)(C)C.CNCCN.CNc1ccccc1.CO.Cc1cnn(C)c1C(F)(F)F. The lowest BCUT2D eigenvalue weighted by Gasteiger charge is -2.29. The molecule has 3 heterocycles. The molecule has 0 saturated carbocycles. The maximum Gasteiger partial charge on any atom is 0.433 e. The van der Waals surface area contributed by atoms with Gasteiger partial charge in [-0.3, -0.25) is 9.48 Å². The average Bonchev–Trinajstić information content (AvgIpc) is 3.61. The number of hydrogen-bond donors (Lipinski definition) is 4. The quantitative estimate of drug-likeness (QED) is 0.145. The number of likely N-dealkylation sites (N-methyl/N-ethyl adjacent to an activating group) is 1. The van der Waals surface area contributed by atoms with E-state index in [-0.39, 0.29) is 5.56 Å². The van der Waals surface area contributed by atoms with Crippen molar-refractivity contribution in [2.75, 3.05) is 39.6 Å². The molecule has 0 radical (unpaired) electrons. The van der Waals surface area contributed by atoms with Gasteiger partial charge in [0, 0.05) is 51.1 Å². The molecule has 12 heteroatoms. The summed E-state index contributed by atoms with van der Waals surface area (Å²) in [6.07, 6.45) is 1.20. The van der Waals surface area contributed by atoms with Crippen LogP contribution in [0.15, 0.2) is 54.7 Å².